The molecule has 0 amide bonds. The number of hydrogen-bond acceptors (Lipinski definition) is 7. The Kier molecular flexibility index (Phi) is 8.81. The lowest BCUT2D eigenvalue weighted by Gasteiger charge is -2.40. The molecule has 0 bridgehead atoms. The summed E-state index contributed by atoms with van der Waals surface area (Å²) < 4.78 is 5.52. The summed E-state index contributed by atoms with van der Waals surface area (Å²) in [6.45, 7) is 3.67. The zero-order valence-electron chi connectivity index (χ0n) is 19.7. The predicted molar refractivity (Wildman–Crippen MR) is 123 cm³/mol. The van der Waals surface area contributed by atoms with Crippen LogP contribution in [0.5, 0.6) is 0 Å². The number of aliphatic hydroxyl groups excluding tert-OH is 1. The van der Waals surface area contributed by atoms with Gasteiger partial charge in [-0.05, 0) is 88.5 Å². The molecule has 5 N–H and O–H groups in total. The Morgan fingerprint density at radius 2 is 1.69 bits per heavy atom. The number of methoxy groups -OCH3 is 1. The molecule has 0 aromatic carbocycles. The van der Waals surface area contributed by atoms with Crippen LogP contribution in [0.1, 0.15) is 64.2 Å². The second-order valence-electron chi connectivity index (χ2n) is 10.6. The van der Waals surface area contributed by atoms with E-state index < -0.39 is 18.1 Å². The van der Waals surface area contributed by atoms with Crippen LogP contribution in [-0.4, -0.2) is 85.0 Å². The molecule has 0 radical (unpaired) electrons. The number of hydrogen-bond donors (Lipinski definition) is 5. The molecule has 4 fully saturated rings. The van der Waals surface area contributed by atoms with Crippen molar-refractivity contribution in [2.24, 2.45) is 17.8 Å². The number of aliphatic carboxylic acids is 1. The van der Waals surface area contributed by atoms with Crippen molar-refractivity contribution < 1.29 is 19.7 Å². The van der Waals surface area contributed by atoms with Gasteiger partial charge in [0.1, 0.15) is 12.3 Å². The van der Waals surface area contributed by atoms with Crippen LogP contribution < -0.4 is 16.0 Å². The highest BCUT2D eigenvalue weighted by atomic mass is 16.5. The first-order valence-corrected chi connectivity index (χ1v) is 12.9. The maximum atomic E-state index is 11.4. The van der Waals surface area contributed by atoms with Crippen molar-refractivity contribution in [1.82, 2.24) is 20.9 Å². The van der Waals surface area contributed by atoms with E-state index in [9.17, 15) is 15.0 Å². The highest BCUT2D eigenvalue weighted by Gasteiger charge is 2.38. The highest BCUT2D eigenvalue weighted by Crippen LogP contribution is 2.32. The topological polar surface area (TPSA) is 106 Å². The molecule has 4 aliphatic rings. The summed E-state index contributed by atoms with van der Waals surface area (Å²) in [6, 6.07) is -0.166. The van der Waals surface area contributed by atoms with Gasteiger partial charge in [-0.1, -0.05) is 0 Å². The van der Waals surface area contributed by atoms with E-state index >= 15 is 0 Å². The Labute approximate surface area is 192 Å². The second kappa shape index (κ2) is 11.6. The number of nitrogens with one attached hydrogen (secondary N) is 3. The summed E-state index contributed by atoms with van der Waals surface area (Å²) in [7, 11) is 1.84. The molecule has 2 aliphatic carbocycles. The standard InChI is InChI=1S/C24H44N4O4/c1-32-20-8-4-17(5-9-20)18-14-25-24(26-15-18)27-19-6-2-16(3-7-19)10-12-28-13-11-21(29)22(28)23(30)31/h16-22,24-27,29H,2-15H2,1H3,(H,30,31)/t16?,17?,18?,19?,20?,21-,22+,24?/m0/s1. The van der Waals surface area contributed by atoms with Gasteiger partial charge in [-0.25, -0.2) is 0 Å². The van der Waals surface area contributed by atoms with Crippen molar-refractivity contribution in [3.05, 3.63) is 0 Å². The van der Waals surface area contributed by atoms with Gasteiger partial charge in [0.25, 0.3) is 0 Å². The van der Waals surface area contributed by atoms with E-state index in [0.29, 0.717) is 31.0 Å². The molecule has 2 saturated heterocycles. The van der Waals surface area contributed by atoms with E-state index in [0.717, 1.165) is 37.9 Å². The van der Waals surface area contributed by atoms with Crippen LogP contribution in [0.2, 0.25) is 0 Å². The summed E-state index contributed by atoms with van der Waals surface area (Å²) in [6.07, 6.45) is 11.3. The van der Waals surface area contributed by atoms with Crippen molar-refractivity contribution in [3.63, 3.8) is 0 Å². The first-order valence-electron chi connectivity index (χ1n) is 12.9. The number of nitrogens with zero attached hydrogens (tertiary/aromatic N) is 1. The van der Waals surface area contributed by atoms with E-state index in [1.807, 2.05) is 12.0 Å². The molecule has 2 aliphatic heterocycles. The van der Waals surface area contributed by atoms with Gasteiger partial charge in [-0.15, -0.1) is 0 Å². The molecule has 2 atom stereocenters. The quantitative estimate of drug-likeness (QED) is 0.376. The molecular formula is C24H44N4O4. The lowest BCUT2D eigenvalue weighted by atomic mass is 9.78. The molecular weight excluding hydrogens is 408 g/mol. The van der Waals surface area contributed by atoms with E-state index in [1.54, 1.807) is 0 Å². The fraction of sp³-hybridized carbons (Fsp3) is 0.958. The lowest BCUT2D eigenvalue weighted by Crippen LogP contribution is -2.63. The lowest BCUT2D eigenvalue weighted by molar-refractivity contribution is -0.145. The molecule has 184 valence electrons. The fourth-order valence-electron chi connectivity index (χ4n) is 6.54. The molecule has 8 nitrogen and oxygen atoms in total. The molecule has 32 heavy (non-hydrogen) atoms. The van der Waals surface area contributed by atoms with E-state index in [2.05, 4.69) is 16.0 Å². The summed E-state index contributed by atoms with van der Waals surface area (Å²) in [4.78, 5) is 13.4. The first kappa shape index (κ1) is 24.4. The van der Waals surface area contributed by atoms with Gasteiger partial charge < -0.3 is 14.9 Å². The van der Waals surface area contributed by atoms with Gasteiger partial charge in [0.15, 0.2) is 0 Å². The minimum atomic E-state index is -0.889. The molecule has 0 unspecified atom stereocenters. The van der Waals surface area contributed by atoms with Gasteiger partial charge in [0.05, 0.1) is 12.2 Å². The van der Waals surface area contributed by atoms with E-state index in [-0.39, 0.29) is 6.29 Å². The van der Waals surface area contributed by atoms with Crippen LogP contribution in [0.15, 0.2) is 0 Å². The van der Waals surface area contributed by atoms with Crippen LogP contribution in [0.25, 0.3) is 0 Å². The molecule has 0 aromatic rings. The molecule has 2 heterocycles. The smallest absolute Gasteiger partial charge is 0.323 e. The third kappa shape index (κ3) is 6.21. The zero-order valence-corrected chi connectivity index (χ0v) is 19.7. The zero-order chi connectivity index (χ0) is 22.5. The van der Waals surface area contributed by atoms with Crippen molar-refractivity contribution in [3.8, 4) is 0 Å². The Morgan fingerprint density at radius 3 is 2.31 bits per heavy atom. The summed E-state index contributed by atoms with van der Waals surface area (Å²) in [5.74, 6) is 1.31. The number of carboxylic acids is 1. The van der Waals surface area contributed by atoms with Crippen molar-refractivity contribution in [2.75, 3.05) is 33.3 Å². The summed E-state index contributed by atoms with van der Waals surface area (Å²) >= 11 is 0. The highest BCUT2D eigenvalue weighted by molar-refractivity contribution is 5.74. The van der Waals surface area contributed by atoms with Crippen LogP contribution in [0, 0.1) is 17.8 Å². The maximum absolute atomic E-state index is 11.4. The minimum Gasteiger partial charge on any atom is -0.480 e. The Balaban J connectivity index is 1.10. The van der Waals surface area contributed by atoms with Crippen LogP contribution in [0.3, 0.4) is 0 Å². The average molecular weight is 453 g/mol. The molecule has 0 aromatic heterocycles. The third-order valence-corrected chi connectivity index (χ3v) is 8.68. The largest absolute Gasteiger partial charge is 0.480 e. The number of likely N-dealkylation sites (tertiary alicyclic amines) is 1. The predicted octanol–water partition coefficient (Wildman–Crippen LogP) is 1.34. The van der Waals surface area contributed by atoms with E-state index in [1.165, 1.54) is 51.4 Å². The number of aliphatic hydroxyl groups is 1. The Morgan fingerprint density at radius 1 is 1.00 bits per heavy atom. The summed E-state index contributed by atoms with van der Waals surface area (Å²) in [5.41, 5.74) is 0. The fourth-order valence-corrected chi connectivity index (χ4v) is 6.54. The van der Waals surface area contributed by atoms with E-state index in [4.69, 9.17) is 4.74 Å². The molecule has 2 saturated carbocycles. The van der Waals surface area contributed by atoms with Gasteiger partial charge in [0.2, 0.25) is 0 Å². The number of carbonyl (C=O) groups is 1. The summed E-state index contributed by atoms with van der Waals surface area (Å²) in [5, 5.41) is 30.5. The van der Waals surface area contributed by atoms with Crippen molar-refractivity contribution >= 4 is 5.97 Å². The second-order valence-corrected chi connectivity index (χ2v) is 10.6. The molecule has 0 spiro atoms. The third-order valence-electron chi connectivity index (χ3n) is 8.68. The average Bonchev–Trinajstić information content (AvgIpc) is 3.20. The Hall–Kier alpha value is -0.770. The normalized spacial score (nSPS) is 41.6. The molecule has 4 rings (SSSR count). The van der Waals surface area contributed by atoms with Gasteiger partial charge in [-0.2, -0.15) is 0 Å². The SMILES string of the molecule is COC1CCC(C2CNC(NC3CCC(CCN4CC[C@H](O)[C@@H]4C(=O)O)CC3)NC2)CC1. The van der Waals surface area contributed by atoms with Crippen molar-refractivity contribution in [2.45, 2.75) is 94.8 Å². The van der Waals surface area contributed by atoms with Gasteiger partial charge >= 0.3 is 5.97 Å². The minimum absolute atomic E-state index is 0.213. The van der Waals surface area contributed by atoms with Crippen LogP contribution in [0.4, 0.5) is 0 Å². The first-order chi connectivity index (χ1) is 15.5. The maximum Gasteiger partial charge on any atom is 0.323 e. The van der Waals surface area contributed by atoms with Gasteiger partial charge in [-0.3, -0.25) is 25.6 Å². The Bertz CT molecular complexity index is 585. The van der Waals surface area contributed by atoms with Crippen molar-refractivity contribution in [1.29, 1.82) is 0 Å². The number of carboxylic acid groups (broad SMARTS) is 1. The number of ether oxygens (including phenoxy) is 1. The van der Waals surface area contributed by atoms with Crippen LogP contribution in [-0.2, 0) is 9.53 Å². The molecule has 8 heteroatoms. The number of rotatable bonds is 8. The van der Waals surface area contributed by atoms with Gasteiger partial charge in [0, 0.05) is 32.8 Å². The van der Waals surface area contributed by atoms with Crippen LogP contribution >= 0.6 is 0 Å². The monoisotopic (exact) mass is 452 g/mol.